The van der Waals surface area contributed by atoms with Crippen molar-refractivity contribution in [2.75, 3.05) is 40.5 Å². The van der Waals surface area contributed by atoms with Gasteiger partial charge in [0.15, 0.2) is 0 Å². The zero-order valence-corrected chi connectivity index (χ0v) is 11.6. The van der Waals surface area contributed by atoms with Crippen LogP contribution in [0.25, 0.3) is 0 Å². The molecule has 0 aromatic rings. The Balaban J connectivity index is 2.43. The number of rotatable bonds is 7. The molecule has 4 heteroatoms. The van der Waals surface area contributed by atoms with Crippen molar-refractivity contribution in [2.24, 2.45) is 5.73 Å². The van der Waals surface area contributed by atoms with Crippen molar-refractivity contribution in [1.82, 2.24) is 4.90 Å². The molecule has 102 valence electrons. The molecule has 1 heterocycles. The maximum absolute atomic E-state index is 5.92. The second-order valence-electron chi connectivity index (χ2n) is 5.31. The number of likely N-dealkylation sites (N-methyl/N-ethyl adjacent to an activating group) is 1. The van der Waals surface area contributed by atoms with Gasteiger partial charge in [0.05, 0.1) is 6.10 Å². The van der Waals surface area contributed by atoms with E-state index in [4.69, 9.17) is 15.2 Å². The number of hydrogen-bond acceptors (Lipinski definition) is 4. The summed E-state index contributed by atoms with van der Waals surface area (Å²) in [7, 11) is 3.88. The normalized spacial score (nSPS) is 24.9. The fourth-order valence-corrected chi connectivity index (χ4v) is 2.25. The van der Waals surface area contributed by atoms with E-state index in [2.05, 4.69) is 18.9 Å². The summed E-state index contributed by atoms with van der Waals surface area (Å²) in [6.07, 6.45) is 5.01. The minimum absolute atomic E-state index is 0.0107. The van der Waals surface area contributed by atoms with Crippen LogP contribution in [0.5, 0.6) is 0 Å². The summed E-state index contributed by atoms with van der Waals surface area (Å²) < 4.78 is 10.9. The Kier molecular flexibility index (Phi) is 6.41. The van der Waals surface area contributed by atoms with Gasteiger partial charge in [-0.25, -0.2) is 0 Å². The van der Waals surface area contributed by atoms with Crippen LogP contribution < -0.4 is 5.73 Å². The first-order valence-electron chi connectivity index (χ1n) is 6.64. The lowest BCUT2D eigenvalue weighted by Gasteiger charge is -2.40. The molecule has 1 fully saturated rings. The summed E-state index contributed by atoms with van der Waals surface area (Å²) in [6.45, 7) is 5.49. The number of methoxy groups -OCH3 is 1. The molecule has 0 bridgehead atoms. The molecule has 0 aromatic heterocycles. The Morgan fingerprint density at radius 3 is 2.76 bits per heavy atom. The largest absolute Gasteiger partial charge is 0.385 e. The van der Waals surface area contributed by atoms with Gasteiger partial charge >= 0.3 is 0 Å². The third-order valence-corrected chi connectivity index (χ3v) is 3.96. The highest BCUT2D eigenvalue weighted by Crippen LogP contribution is 2.20. The summed E-state index contributed by atoms with van der Waals surface area (Å²) in [6, 6.07) is 0. The van der Waals surface area contributed by atoms with Crippen molar-refractivity contribution in [1.29, 1.82) is 0 Å². The van der Waals surface area contributed by atoms with Crippen molar-refractivity contribution < 1.29 is 9.47 Å². The van der Waals surface area contributed by atoms with Gasteiger partial charge in [0, 0.05) is 39.0 Å². The summed E-state index contributed by atoms with van der Waals surface area (Å²) in [5.74, 6) is 0. The molecule has 2 unspecified atom stereocenters. The average molecular weight is 244 g/mol. The Morgan fingerprint density at radius 1 is 1.47 bits per heavy atom. The lowest BCUT2D eigenvalue weighted by Crippen LogP contribution is -2.53. The van der Waals surface area contributed by atoms with E-state index in [1.54, 1.807) is 7.11 Å². The molecule has 1 rings (SSSR count). The minimum atomic E-state index is 0.0107. The van der Waals surface area contributed by atoms with Gasteiger partial charge < -0.3 is 15.2 Å². The predicted molar refractivity (Wildman–Crippen MR) is 70.2 cm³/mol. The molecule has 0 aliphatic carbocycles. The van der Waals surface area contributed by atoms with Crippen LogP contribution in [0.15, 0.2) is 0 Å². The van der Waals surface area contributed by atoms with Crippen LogP contribution in [0, 0.1) is 0 Å². The zero-order chi connectivity index (χ0) is 12.7. The molecule has 2 atom stereocenters. The quantitative estimate of drug-likeness (QED) is 0.732. The van der Waals surface area contributed by atoms with Gasteiger partial charge in [-0.3, -0.25) is 4.90 Å². The number of nitrogens with two attached hydrogens (primary N) is 1. The highest BCUT2D eigenvalue weighted by Gasteiger charge is 2.29. The molecule has 2 N–H and O–H groups in total. The van der Waals surface area contributed by atoms with Gasteiger partial charge in [0.2, 0.25) is 0 Å². The van der Waals surface area contributed by atoms with E-state index in [0.29, 0.717) is 12.6 Å². The minimum Gasteiger partial charge on any atom is -0.385 e. The van der Waals surface area contributed by atoms with Crippen LogP contribution >= 0.6 is 0 Å². The molecule has 1 saturated heterocycles. The first-order valence-corrected chi connectivity index (χ1v) is 6.64. The fourth-order valence-electron chi connectivity index (χ4n) is 2.25. The Morgan fingerprint density at radius 2 is 2.24 bits per heavy atom. The van der Waals surface area contributed by atoms with Gasteiger partial charge in [0.1, 0.15) is 0 Å². The zero-order valence-electron chi connectivity index (χ0n) is 11.6. The monoisotopic (exact) mass is 244 g/mol. The molecule has 0 spiro atoms. The molecular formula is C13H28N2O2. The molecule has 1 aliphatic rings. The number of hydrogen-bond donors (Lipinski definition) is 1. The van der Waals surface area contributed by atoms with E-state index in [-0.39, 0.29) is 5.54 Å². The van der Waals surface area contributed by atoms with Crippen LogP contribution in [-0.4, -0.2) is 57.0 Å². The highest BCUT2D eigenvalue weighted by molar-refractivity contribution is 4.87. The van der Waals surface area contributed by atoms with Gasteiger partial charge in [-0.15, -0.1) is 0 Å². The second-order valence-corrected chi connectivity index (χ2v) is 5.31. The van der Waals surface area contributed by atoms with E-state index in [9.17, 15) is 0 Å². The number of nitrogens with zero attached hydrogens (tertiary/aromatic N) is 1. The SMILES string of the molecule is COCCC(C)(CN)N(C)CC1CCCCO1. The molecule has 4 nitrogen and oxygen atoms in total. The molecule has 0 radical (unpaired) electrons. The van der Waals surface area contributed by atoms with Gasteiger partial charge in [-0.05, 0) is 39.7 Å². The summed E-state index contributed by atoms with van der Waals surface area (Å²) >= 11 is 0. The van der Waals surface area contributed by atoms with Crippen molar-refractivity contribution in [3.63, 3.8) is 0 Å². The van der Waals surface area contributed by atoms with E-state index in [0.717, 1.165) is 26.2 Å². The topological polar surface area (TPSA) is 47.7 Å². The van der Waals surface area contributed by atoms with Crippen LogP contribution in [0.2, 0.25) is 0 Å². The first kappa shape index (κ1) is 14.9. The lowest BCUT2D eigenvalue weighted by atomic mass is 9.95. The van der Waals surface area contributed by atoms with E-state index < -0.39 is 0 Å². The molecule has 17 heavy (non-hydrogen) atoms. The maximum Gasteiger partial charge on any atom is 0.0702 e. The lowest BCUT2D eigenvalue weighted by molar-refractivity contribution is -0.0243. The van der Waals surface area contributed by atoms with Crippen molar-refractivity contribution in [2.45, 2.75) is 44.2 Å². The van der Waals surface area contributed by atoms with Gasteiger partial charge in [0.25, 0.3) is 0 Å². The second kappa shape index (κ2) is 7.31. The van der Waals surface area contributed by atoms with Crippen molar-refractivity contribution >= 4 is 0 Å². The molecule has 0 amide bonds. The van der Waals surface area contributed by atoms with Gasteiger partial charge in [-0.2, -0.15) is 0 Å². The number of ether oxygens (including phenoxy) is 2. The smallest absolute Gasteiger partial charge is 0.0702 e. The van der Waals surface area contributed by atoms with E-state index in [1.165, 1.54) is 19.3 Å². The molecule has 0 saturated carbocycles. The van der Waals surface area contributed by atoms with Crippen LogP contribution in [0.4, 0.5) is 0 Å². The van der Waals surface area contributed by atoms with Crippen molar-refractivity contribution in [3.05, 3.63) is 0 Å². The maximum atomic E-state index is 5.92. The highest BCUT2D eigenvalue weighted by atomic mass is 16.5. The van der Waals surface area contributed by atoms with Crippen LogP contribution in [0.3, 0.4) is 0 Å². The third kappa shape index (κ3) is 4.54. The predicted octanol–water partition coefficient (Wildman–Crippen LogP) is 1.24. The average Bonchev–Trinajstić information content (AvgIpc) is 2.37. The molecular weight excluding hydrogens is 216 g/mol. The Bertz CT molecular complexity index is 208. The first-order chi connectivity index (χ1) is 8.12. The summed E-state index contributed by atoms with van der Waals surface area (Å²) in [5.41, 5.74) is 5.93. The van der Waals surface area contributed by atoms with Gasteiger partial charge in [-0.1, -0.05) is 0 Å². The van der Waals surface area contributed by atoms with Crippen LogP contribution in [0.1, 0.15) is 32.6 Å². The Hall–Kier alpha value is -0.160. The molecule has 0 aromatic carbocycles. The fraction of sp³-hybridized carbons (Fsp3) is 1.00. The Labute approximate surface area is 105 Å². The summed E-state index contributed by atoms with van der Waals surface area (Å²) in [4.78, 5) is 2.34. The standard InChI is InChI=1S/C13H28N2O2/c1-13(11-14,7-9-16-3)15(2)10-12-6-4-5-8-17-12/h12H,4-11,14H2,1-3H3. The summed E-state index contributed by atoms with van der Waals surface area (Å²) in [5, 5.41) is 0. The van der Waals surface area contributed by atoms with E-state index in [1.807, 2.05) is 0 Å². The molecule has 1 aliphatic heterocycles. The van der Waals surface area contributed by atoms with E-state index >= 15 is 0 Å². The van der Waals surface area contributed by atoms with Crippen molar-refractivity contribution in [3.8, 4) is 0 Å². The van der Waals surface area contributed by atoms with Crippen LogP contribution in [-0.2, 0) is 9.47 Å². The third-order valence-electron chi connectivity index (χ3n) is 3.96.